The third-order valence-electron chi connectivity index (χ3n) is 3.45. The molecule has 1 saturated heterocycles. The lowest BCUT2D eigenvalue weighted by molar-refractivity contribution is -0.119. The van der Waals surface area contributed by atoms with Gasteiger partial charge in [0.15, 0.2) is 5.78 Å². The molecular weight excluding hydrogens is 198 g/mol. The molecule has 0 spiro atoms. The molecule has 0 amide bonds. The van der Waals surface area contributed by atoms with Crippen LogP contribution in [0.25, 0.3) is 0 Å². The van der Waals surface area contributed by atoms with Gasteiger partial charge in [-0.15, -0.1) is 12.4 Å². The maximum Gasteiger partial charge on any atom is 0.151 e. The zero-order valence-corrected chi connectivity index (χ0v) is 9.44. The van der Waals surface area contributed by atoms with Crippen LogP contribution >= 0.6 is 12.4 Å². The van der Waals surface area contributed by atoms with Gasteiger partial charge in [-0.2, -0.15) is 0 Å². The molecule has 3 heteroatoms. The van der Waals surface area contributed by atoms with Gasteiger partial charge in [-0.05, 0) is 18.8 Å². The number of carbonyl (C=O) groups excluding carboxylic acids is 1. The van der Waals surface area contributed by atoms with Crippen LogP contribution in [-0.2, 0) is 4.79 Å². The van der Waals surface area contributed by atoms with Crippen molar-refractivity contribution >= 4 is 18.2 Å². The van der Waals surface area contributed by atoms with Gasteiger partial charge in [0.2, 0.25) is 0 Å². The van der Waals surface area contributed by atoms with E-state index in [-0.39, 0.29) is 18.4 Å². The summed E-state index contributed by atoms with van der Waals surface area (Å²) in [6, 6.07) is 0.220. The van der Waals surface area contributed by atoms with Crippen LogP contribution < -0.4 is 5.32 Å². The van der Waals surface area contributed by atoms with E-state index < -0.39 is 0 Å². The monoisotopic (exact) mass is 217 g/mol. The van der Waals surface area contributed by atoms with Gasteiger partial charge in [0.25, 0.3) is 0 Å². The Morgan fingerprint density at radius 3 is 2.21 bits per heavy atom. The average Bonchev–Trinajstić information content (AvgIpc) is 2.43. The molecule has 1 aliphatic heterocycles. The highest BCUT2D eigenvalue weighted by Crippen LogP contribution is 2.27. The van der Waals surface area contributed by atoms with E-state index >= 15 is 0 Å². The van der Waals surface area contributed by atoms with Crippen molar-refractivity contribution in [1.29, 1.82) is 0 Å². The molecule has 82 valence electrons. The van der Waals surface area contributed by atoms with Crippen LogP contribution in [-0.4, -0.2) is 18.4 Å². The Morgan fingerprint density at radius 2 is 1.71 bits per heavy atom. The first kappa shape index (κ1) is 12.0. The summed E-state index contributed by atoms with van der Waals surface area (Å²) in [5.41, 5.74) is 0. The van der Waals surface area contributed by atoms with Gasteiger partial charge in [-0.1, -0.05) is 25.7 Å². The molecule has 0 aromatic heterocycles. The molecule has 0 bridgehead atoms. The van der Waals surface area contributed by atoms with Gasteiger partial charge in [0, 0.05) is 13.0 Å². The molecule has 1 heterocycles. The topological polar surface area (TPSA) is 29.1 Å². The molecule has 14 heavy (non-hydrogen) atoms. The Hall–Kier alpha value is -0.0800. The van der Waals surface area contributed by atoms with Crippen molar-refractivity contribution in [2.75, 3.05) is 6.54 Å². The second-order valence-corrected chi connectivity index (χ2v) is 4.40. The third-order valence-corrected chi connectivity index (χ3v) is 3.45. The van der Waals surface area contributed by atoms with E-state index in [4.69, 9.17) is 0 Å². The lowest BCUT2D eigenvalue weighted by Gasteiger charge is -2.20. The predicted octanol–water partition coefficient (Wildman–Crippen LogP) is 2.31. The van der Waals surface area contributed by atoms with E-state index in [1.54, 1.807) is 0 Å². The highest BCUT2D eigenvalue weighted by atomic mass is 35.5. The molecule has 1 unspecified atom stereocenters. The number of nitrogens with one attached hydrogen (secondary N) is 1. The van der Waals surface area contributed by atoms with Gasteiger partial charge >= 0.3 is 0 Å². The number of ketones is 1. The van der Waals surface area contributed by atoms with Crippen LogP contribution in [0.4, 0.5) is 0 Å². The van der Waals surface area contributed by atoms with Crippen LogP contribution in [0, 0.1) is 5.92 Å². The number of rotatable bonds is 1. The summed E-state index contributed by atoms with van der Waals surface area (Å²) in [5.74, 6) is 1.12. The highest BCUT2D eigenvalue weighted by Gasteiger charge is 2.31. The summed E-state index contributed by atoms with van der Waals surface area (Å²) in [4.78, 5) is 11.5. The lowest BCUT2D eigenvalue weighted by Crippen LogP contribution is -2.35. The molecule has 2 aliphatic rings. The van der Waals surface area contributed by atoms with Gasteiger partial charge in [0.05, 0.1) is 6.04 Å². The summed E-state index contributed by atoms with van der Waals surface area (Å²) in [6.07, 6.45) is 8.70. The molecule has 1 saturated carbocycles. The Balaban J connectivity index is 0.000000980. The minimum Gasteiger partial charge on any atom is -0.307 e. The average molecular weight is 218 g/mol. The minimum absolute atomic E-state index is 0. The number of hydrogen-bond acceptors (Lipinski definition) is 2. The van der Waals surface area contributed by atoms with Crippen molar-refractivity contribution in [3.8, 4) is 0 Å². The minimum atomic E-state index is 0. The predicted molar refractivity (Wildman–Crippen MR) is 59.9 cm³/mol. The molecule has 1 atom stereocenters. The van der Waals surface area contributed by atoms with E-state index in [2.05, 4.69) is 5.32 Å². The van der Waals surface area contributed by atoms with Crippen LogP contribution in [0.3, 0.4) is 0 Å². The fraction of sp³-hybridized carbons (Fsp3) is 0.909. The van der Waals surface area contributed by atoms with Gasteiger partial charge < -0.3 is 5.32 Å². The SMILES string of the molecule is Cl.O=C1CCNC1C1CCCCCC1. The standard InChI is InChI=1S/C11H19NO.ClH/c13-10-7-8-12-11(10)9-5-3-1-2-4-6-9;/h9,11-12H,1-8H2;1H. The molecule has 0 radical (unpaired) electrons. The van der Waals surface area contributed by atoms with Crippen molar-refractivity contribution in [2.24, 2.45) is 5.92 Å². The summed E-state index contributed by atoms with van der Waals surface area (Å²) < 4.78 is 0. The van der Waals surface area contributed by atoms with Crippen LogP contribution in [0.5, 0.6) is 0 Å². The van der Waals surface area contributed by atoms with E-state index in [9.17, 15) is 4.79 Å². The molecule has 0 aromatic rings. The molecule has 2 nitrogen and oxygen atoms in total. The summed E-state index contributed by atoms with van der Waals surface area (Å²) in [5, 5.41) is 3.35. The first-order valence-corrected chi connectivity index (χ1v) is 5.64. The molecule has 2 rings (SSSR count). The number of halogens is 1. The van der Waals surface area contributed by atoms with Crippen LogP contribution in [0.1, 0.15) is 44.9 Å². The molecule has 1 N–H and O–H groups in total. The van der Waals surface area contributed by atoms with Crippen molar-refractivity contribution in [3.63, 3.8) is 0 Å². The van der Waals surface area contributed by atoms with E-state index in [0.29, 0.717) is 11.7 Å². The normalized spacial score (nSPS) is 29.7. The van der Waals surface area contributed by atoms with Crippen molar-refractivity contribution in [2.45, 2.75) is 51.0 Å². The van der Waals surface area contributed by atoms with Crippen molar-refractivity contribution in [1.82, 2.24) is 5.32 Å². The third kappa shape index (κ3) is 2.71. The fourth-order valence-corrected chi connectivity index (χ4v) is 2.69. The molecule has 1 aliphatic carbocycles. The quantitative estimate of drug-likeness (QED) is 0.683. The number of Topliss-reactive ketones (excluding diaryl/α,β-unsaturated/α-hetero) is 1. The molecule has 2 fully saturated rings. The Morgan fingerprint density at radius 1 is 1.07 bits per heavy atom. The van der Waals surface area contributed by atoms with E-state index in [0.717, 1.165) is 13.0 Å². The first-order chi connectivity index (χ1) is 6.38. The largest absolute Gasteiger partial charge is 0.307 e. The smallest absolute Gasteiger partial charge is 0.151 e. The summed E-state index contributed by atoms with van der Waals surface area (Å²) >= 11 is 0. The van der Waals surface area contributed by atoms with Gasteiger partial charge in [0.1, 0.15) is 0 Å². The van der Waals surface area contributed by atoms with E-state index in [1.165, 1.54) is 38.5 Å². The van der Waals surface area contributed by atoms with Gasteiger partial charge in [-0.25, -0.2) is 0 Å². The first-order valence-electron chi connectivity index (χ1n) is 5.64. The zero-order chi connectivity index (χ0) is 9.10. The second kappa shape index (κ2) is 5.72. The Labute approximate surface area is 92.2 Å². The van der Waals surface area contributed by atoms with Gasteiger partial charge in [-0.3, -0.25) is 4.79 Å². The van der Waals surface area contributed by atoms with Crippen LogP contribution in [0.2, 0.25) is 0 Å². The fourth-order valence-electron chi connectivity index (χ4n) is 2.69. The van der Waals surface area contributed by atoms with Crippen LogP contribution in [0.15, 0.2) is 0 Å². The molecular formula is C11H20ClNO. The van der Waals surface area contributed by atoms with E-state index in [1.807, 2.05) is 0 Å². The summed E-state index contributed by atoms with van der Waals surface area (Å²) in [7, 11) is 0. The number of carbonyl (C=O) groups is 1. The van der Waals surface area contributed by atoms with Crippen molar-refractivity contribution in [3.05, 3.63) is 0 Å². The lowest BCUT2D eigenvalue weighted by atomic mass is 9.90. The summed E-state index contributed by atoms with van der Waals surface area (Å²) in [6.45, 7) is 0.917. The highest BCUT2D eigenvalue weighted by molar-refractivity contribution is 5.86. The maximum atomic E-state index is 11.5. The van der Waals surface area contributed by atoms with Crippen molar-refractivity contribution < 1.29 is 4.79 Å². The Bertz CT molecular complexity index is 188. The molecule has 0 aromatic carbocycles. The zero-order valence-electron chi connectivity index (χ0n) is 8.63. The second-order valence-electron chi connectivity index (χ2n) is 4.40. The Kier molecular flexibility index (Phi) is 4.90. The number of hydrogen-bond donors (Lipinski definition) is 1. The maximum absolute atomic E-state index is 11.5.